The van der Waals surface area contributed by atoms with E-state index in [1.807, 2.05) is 0 Å². The Kier molecular flexibility index (Phi) is 19.7. The number of rotatable bonds is 4. The second-order valence-electron chi connectivity index (χ2n) is 2.16. The maximum absolute atomic E-state index is 7.62. The number of hydrogen-bond acceptors (Lipinski definition) is 2. The smallest absolute Gasteiger partial charge is 0.0662 e. The highest BCUT2D eigenvalue weighted by atomic mass is 16.3. The van der Waals surface area contributed by atoms with Gasteiger partial charge in [0.1, 0.15) is 0 Å². The molecule has 2 heteroatoms. The van der Waals surface area contributed by atoms with Gasteiger partial charge in [0.2, 0.25) is 0 Å². The first kappa shape index (κ1) is 13.3. The monoisotopic (exact) mass is 160 g/mol. The van der Waals surface area contributed by atoms with Crippen LogP contribution in [0, 0.1) is 0 Å². The second kappa shape index (κ2) is 16.3. The highest BCUT2D eigenvalue weighted by Gasteiger charge is 1.73. The molecule has 0 rings (SSSR count). The van der Waals surface area contributed by atoms with Crippen molar-refractivity contribution in [2.45, 2.75) is 33.1 Å². The second-order valence-corrected chi connectivity index (χ2v) is 2.16. The van der Waals surface area contributed by atoms with Crippen LogP contribution in [-0.2, 0) is 0 Å². The fourth-order valence-corrected chi connectivity index (χ4v) is 0.489. The average molecular weight is 160 g/mol. The van der Waals surface area contributed by atoms with E-state index < -0.39 is 0 Å². The minimum absolute atomic E-state index is 0.125. The molecule has 2 nitrogen and oxygen atoms in total. The molecule has 0 aromatic heterocycles. The molecular weight excluding hydrogens is 140 g/mol. The molecule has 68 valence electrons. The highest BCUT2D eigenvalue weighted by molar-refractivity contribution is 4.75. The van der Waals surface area contributed by atoms with E-state index in [0.717, 1.165) is 0 Å². The van der Waals surface area contributed by atoms with Crippen LogP contribution in [0.5, 0.6) is 0 Å². The molecule has 0 radical (unpaired) electrons. The predicted octanol–water partition coefficient (Wildman–Crippen LogP) is 1.72. The van der Waals surface area contributed by atoms with Crippen molar-refractivity contribution in [1.82, 2.24) is 0 Å². The molecule has 0 saturated carbocycles. The maximum atomic E-state index is 7.62. The Balaban J connectivity index is 0. The van der Waals surface area contributed by atoms with E-state index in [1.165, 1.54) is 19.3 Å². The Hall–Kier alpha value is -0.340. The average Bonchev–Trinajstić information content (AvgIpc) is 2.06. The molecule has 0 fully saturated rings. The Morgan fingerprint density at radius 2 is 1.73 bits per heavy atom. The predicted molar refractivity (Wildman–Crippen MR) is 48.5 cm³/mol. The van der Waals surface area contributed by atoms with Gasteiger partial charge in [-0.15, -0.1) is 0 Å². The topological polar surface area (TPSA) is 40.5 Å². The van der Waals surface area contributed by atoms with Crippen molar-refractivity contribution in [3.05, 3.63) is 12.2 Å². The van der Waals surface area contributed by atoms with Gasteiger partial charge >= 0.3 is 0 Å². The fraction of sp³-hybridized carbons (Fsp3) is 0.778. The lowest BCUT2D eigenvalue weighted by Crippen LogP contribution is -1.85. The molecule has 0 aromatic carbocycles. The first-order chi connectivity index (χ1) is 5.33. The number of hydrogen-bond donors (Lipinski definition) is 2. The van der Waals surface area contributed by atoms with E-state index in [2.05, 4.69) is 26.0 Å². The van der Waals surface area contributed by atoms with Gasteiger partial charge in [0, 0.05) is 0 Å². The van der Waals surface area contributed by atoms with Gasteiger partial charge in [0.25, 0.3) is 0 Å². The Bertz CT molecular complexity index is 68.0. The molecule has 0 aliphatic carbocycles. The summed E-state index contributed by atoms with van der Waals surface area (Å²) in [5.74, 6) is 0. The summed E-state index contributed by atoms with van der Waals surface area (Å²) in [4.78, 5) is 0. The largest absolute Gasteiger partial charge is 0.394 e. The summed E-state index contributed by atoms with van der Waals surface area (Å²) >= 11 is 0. The van der Waals surface area contributed by atoms with Crippen molar-refractivity contribution in [3.8, 4) is 0 Å². The molecule has 0 saturated heterocycles. The van der Waals surface area contributed by atoms with Crippen LogP contribution < -0.4 is 0 Å². The fourth-order valence-electron chi connectivity index (χ4n) is 0.489. The van der Waals surface area contributed by atoms with Gasteiger partial charge < -0.3 is 10.2 Å². The molecule has 11 heavy (non-hydrogen) atoms. The van der Waals surface area contributed by atoms with Crippen LogP contribution >= 0.6 is 0 Å². The lowest BCUT2D eigenvalue weighted by molar-refractivity contribution is 0.186. The summed E-state index contributed by atoms with van der Waals surface area (Å²) in [5, 5.41) is 15.2. The third-order valence-corrected chi connectivity index (χ3v) is 1.06. The van der Waals surface area contributed by atoms with Gasteiger partial charge in [-0.1, -0.05) is 31.9 Å². The van der Waals surface area contributed by atoms with Crippen molar-refractivity contribution >= 4 is 0 Å². The van der Waals surface area contributed by atoms with Crippen LogP contribution in [0.2, 0.25) is 0 Å². The standard InChI is InChI=1S/C7H14.C2H6O2/c1-3-5-7-6-4-2;3-1-2-4/h3,5H,4,6-7H2,1-2H3;3-4H,1-2H2/b5-3+;. The van der Waals surface area contributed by atoms with E-state index in [1.54, 1.807) is 0 Å². The van der Waals surface area contributed by atoms with Crippen molar-refractivity contribution < 1.29 is 10.2 Å². The third kappa shape index (κ3) is 26.1. The molecule has 0 atom stereocenters. The minimum Gasteiger partial charge on any atom is -0.394 e. The van der Waals surface area contributed by atoms with Crippen LogP contribution in [0.15, 0.2) is 12.2 Å². The molecule has 0 amide bonds. The maximum Gasteiger partial charge on any atom is 0.0662 e. The zero-order valence-electron chi connectivity index (χ0n) is 7.58. The van der Waals surface area contributed by atoms with Crippen molar-refractivity contribution in [3.63, 3.8) is 0 Å². The number of aliphatic hydroxyl groups excluding tert-OH is 2. The molecule has 0 unspecified atom stereocenters. The summed E-state index contributed by atoms with van der Waals surface area (Å²) in [5.41, 5.74) is 0. The SMILES string of the molecule is C/C=C/CCCC.OCCO. The molecule has 0 spiro atoms. The summed E-state index contributed by atoms with van der Waals surface area (Å²) in [6.07, 6.45) is 8.22. The Labute approximate surface area is 69.6 Å². The van der Waals surface area contributed by atoms with Gasteiger partial charge in [-0.05, 0) is 13.3 Å². The molecule has 0 heterocycles. The summed E-state index contributed by atoms with van der Waals surface area (Å²) in [6.45, 7) is 4.03. The molecule has 2 N–H and O–H groups in total. The molecule has 0 aliphatic rings. The third-order valence-electron chi connectivity index (χ3n) is 1.06. The molecular formula is C9H20O2. The summed E-state index contributed by atoms with van der Waals surface area (Å²) in [6, 6.07) is 0. The Morgan fingerprint density at radius 3 is 2.00 bits per heavy atom. The molecule has 0 aliphatic heterocycles. The van der Waals surface area contributed by atoms with E-state index in [0.29, 0.717) is 0 Å². The highest BCUT2D eigenvalue weighted by Crippen LogP contribution is 1.93. The van der Waals surface area contributed by atoms with Crippen molar-refractivity contribution in [2.24, 2.45) is 0 Å². The lowest BCUT2D eigenvalue weighted by Gasteiger charge is -1.83. The van der Waals surface area contributed by atoms with Crippen LogP contribution in [0.4, 0.5) is 0 Å². The normalized spacial score (nSPS) is 9.45. The number of unbranched alkanes of at least 4 members (excludes halogenated alkanes) is 2. The molecule has 0 aromatic rings. The van der Waals surface area contributed by atoms with Crippen LogP contribution in [0.3, 0.4) is 0 Å². The number of allylic oxidation sites excluding steroid dienone is 2. The van der Waals surface area contributed by atoms with E-state index in [9.17, 15) is 0 Å². The van der Waals surface area contributed by atoms with E-state index >= 15 is 0 Å². The summed E-state index contributed by atoms with van der Waals surface area (Å²) in [7, 11) is 0. The van der Waals surface area contributed by atoms with E-state index in [-0.39, 0.29) is 13.2 Å². The van der Waals surface area contributed by atoms with Gasteiger partial charge in [0.05, 0.1) is 13.2 Å². The van der Waals surface area contributed by atoms with Gasteiger partial charge in [-0.25, -0.2) is 0 Å². The first-order valence-electron chi connectivity index (χ1n) is 4.16. The quantitative estimate of drug-likeness (QED) is 0.485. The van der Waals surface area contributed by atoms with E-state index in [4.69, 9.17) is 10.2 Å². The zero-order valence-corrected chi connectivity index (χ0v) is 7.58. The van der Waals surface area contributed by atoms with Gasteiger partial charge in [-0.3, -0.25) is 0 Å². The van der Waals surface area contributed by atoms with Crippen molar-refractivity contribution in [1.29, 1.82) is 0 Å². The van der Waals surface area contributed by atoms with Gasteiger partial charge in [0.15, 0.2) is 0 Å². The molecule has 0 bridgehead atoms. The number of aliphatic hydroxyl groups is 2. The van der Waals surface area contributed by atoms with Crippen LogP contribution in [-0.4, -0.2) is 23.4 Å². The Morgan fingerprint density at radius 1 is 1.18 bits per heavy atom. The minimum atomic E-state index is -0.125. The van der Waals surface area contributed by atoms with Crippen LogP contribution in [0.1, 0.15) is 33.1 Å². The lowest BCUT2D eigenvalue weighted by atomic mass is 10.2. The summed E-state index contributed by atoms with van der Waals surface area (Å²) < 4.78 is 0. The van der Waals surface area contributed by atoms with Gasteiger partial charge in [-0.2, -0.15) is 0 Å². The van der Waals surface area contributed by atoms with Crippen LogP contribution in [0.25, 0.3) is 0 Å². The zero-order chi connectivity index (χ0) is 8.95. The first-order valence-corrected chi connectivity index (χ1v) is 4.16. The van der Waals surface area contributed by atoms with Crippen molar-refractivity contribution in [2.75, 3.05) is 13.2 Å².